The van der Waals surface area contributed by atoms with Crippen LogP contribution in [0.15, 0.2) is 36.9 Å². The second kappa shape index (κ2) is 7.36. The van der Waals surface area contributed by atoms with Gasteiger partial charge in [0.05, 0.1) is 4.92 Å². The van der Waals surface area contributed by atoms with Gasteiger partial charge in [0.25, 0.3) is 5.69 Å². The molecule has 1 saturated carbocycles. The van der Waals surface area contributed by atoms with Crippen LogP contribution in [-0.4, -0.2) is 11.5 Å². The molecule has 21 heavy (non-hydrogen) atoms. The van der Waals surface area contributed by atoms with Crippen molar-refractivity contribution < 1.29 is 4.92 Å². The van der Waals surface area contributed by atoms with Crippen molar-refractivity contribution in [2.24, 2.45) is 5.41 Å². The van der Waals surface area contributed by atoms with Crippen LogP contribution in [0.3, 0.4) is 0 Å². The monoisotopic (exact) mass is 288 g/mol. The third-order valence-electron chi connectivity index (χ3n) is 4.47. The molecule has 0 radical (unpaired) electrons. The number of nitro groups is 1. The fourth-order valence-electron chi connectivity index (χ4n) is 3.27. The van der Waals surface area contributed by atoms with Crippen LogP contribution in [0.25, 0.3) is 0 Å². The summed E-state index contributed by atoms with van der Waals surface area (Å²) in [6.45, 7) is 5.66. The molecule has 1 aliphatic carbocycles. The lowest BCUT2D eigenvalue weighted by molar-refractivity contribution is -0.384. The van der Waals surface area contributed by atoms with E-state index in [-0.39, 0.29) is 10.6 Å². The SMILES string of the molecule is C=CCC1(CNCc2ccc([N+](=O)[O-])cc2)CCCCC1. The first-order chi connectivity index (χ1) is 10.2. The molecule has 1 aromatic rings. The highest BCUT2D eigenvalue weighted by Crippen LogP contribution is 2.39. The van der Waals surface area contributed by atoms with Crippen molar-refractivity contribution in [1.82, 2.24) is 5.32 Å². The summed E-state index contributed by atoms with van der Waals surface area (Å²) in [5.41, 5.74) is 1.60. The number of nitrogens with one attached hydrogen (secondary N) is 1. The minimum absolute atomic E-state index is 0.147. The quantitative estimate of drug-likeness (QED) is 0.464. The average molecular weight is 288 g/mol. The number of hydrogen-bond donors (Lipinski definition) is 1. The van der Waals surface area contributed by atoms with Crippen LogP contribution >= 0.6 is 0 Å². The van der Waals surface area contributed by atoms with Crippen molar-refractivity contribution in [3.8, 4) is 0 Å². The van der Waals surface area contributed by atoms with Gasteiger partial charge in [-0.3, -0.25) is 10.1 Å². The van der Waals surface area contributed by atoms with Crippen LogP contribution in [0, 0.1) is 15.5 Å². The Hall–Kier alpha value is -1.68. The first-order valence-corrected chi connectivity index (χ1v) is 7.70. The standard InChI is InChI=1S/C17H24N2O2/c1-2-10-17(11-4-3-5-12-17)14-18-13-15-6-8-16(9-7-15)19(20)21/h2,6-9,18H,1,3-5,10-14H2. The fraction of sp³-hybridized carbons (Fsp3) is 0.529. The van der Waals surface area contributed by atoms with E-state index in [0.717, 1.165) is 25.1 Å². The molecule has 4 heteroatoms. The van der Waals surface area contributed by atoms with Gasteiger partial charge in [-0.05, 0) is 30.2 Å². The summed E-state index contributed by atoms with van der Waals surface area (Å²) in [6.07, 6.45) is 9.62. The Morgan fingerprint density at radius 2 is 1.90 bits per heavy atom. The zero-order valence-electron chi connectivity index (χ0n) is 12.5. The second-order valence-electron chi connectivity index (χ2n) is 6.08. The molecule has 0 amide bonds. The molecular formula is C17H24N2O2. The van der Waals surface area contributed by atoms with Gasteiger partial charge in [-0.1, -0.05) is 37.5 Å². The van der Waals surface area contributed by atoms with Crippen molar-refractivity contribution in [3.63, 3.8) is 0 Å². The van der Waals surface area contributed by atoms with Crippen molar-refractivity contribution in [2.75, 3.05) is 6.54 Å². The number of hydrogen-bond acceptors (Lipinski definition) is 3. The molecule has 1 aliphatic rings. The number of nitro benzene ring substituents is 1. The second-order valence-corrected chi connectivity index (χ2v) is 6.08. The van der Waals surface area contributed by atoms with E-state index >= 15 is 0 Å². The maximum Gasteiger partial charge on any atom is 0.269 e. The van der Waals surface area contributed by atoms with Gasteiger partial charge in [0.1, 0.15) is 0 Å². The van der Waals surface area contributed by atoms with E-state index < -0.39 is 0 Å². The van der Waals surface area contributed by atoms with Crippen LogP contribution in [-0.2, 0) is 6.54 Å². The van der Waals surface area contributed by atoms with Gasteiger partial charge in [0.15, 0.2) is 0 Å². The summed E-state index contributed by atoms with van der Waals surface area (Å²) in [6, 6.07) is 6.78. The Kier molecular flexibility index (Phi) is 5.51. The minimum Gasteiger partial charge on any atom is -0.312 e. The average Bonchev–Trinajstić information content (AvgIpc) is 2.49. The predicted molar refractivity (Wildman–Crippen MR) is 85.1 cm³/mol. The predicted octanol–water partition coefficient (Wildman–Crippen LogP) is 4.21. The van der Waals surface area contributed by atoms with Crippen LogP contribution in [0.4, 0.5) is 5.69 Å². The molecule has 0 unspecified atom stereocenters. The highest BCUT2D eigenvalue weighted by molar-refractivity contribution is 5.32. The Bertz CT molecular complexity index is 476. The number of nitrogens with zero attached hydrogens (tertiary/aromatic N) is 1. The molecule has 4 nitrogen and oxygen atoms in total. The summed E-state index contributed by atoms with van der Waals surface area (Å²) in [7, 11) is 0. The van der Waals surface area contributed by atoms with Crippen molar-refractivity contribution in [3.05, 3.63) is 52.6 Å². The minimum atomic E-state index is -0.363. The molecule has 0 aromatic heterocycles. The molecule has 0 atom stereocenters. The molecule has 0 spiro atoms. The lowest BCUT2D eigenvalue weighted by atomic mass is 9.72. The van der Waals surface area contributed by atoms with Gasteiger partial charge in [-0.2, -0.15) is 0 Å². The largest absolute Gasteiger partial charge is 0.312 e. The zero-order valence-corrected chi connectivity index (χ0v) is 12.5. The van der Waals surface area contributed by atoms with Crippen LogP contribution < -0.4 is 5.32 Å². The van der Waals surface area contributed by atoms with Crippen molar-refractivity contribution in [2.45, 2.75) is 45.1 Å². The molecule has 0 heterocycles. The molecule has 0 aliphatic heterocycles. The van der Waals surface area contributed by atoms with Gasteiger partial charge < -0.3 is 5.32 Å². The van der Waals surface area contributed by atoms with Crippen molar-refractivity contribution in [1.29, 1.82) is 0 Å². The Morgan fingerprint density at radius 1 is 1.24 bits per heavy atom. The highest BCUT2D eigenvalue weighted by atomic mass is 16.6. The summed E-state index contributed by atoms with van der Waals surface area (Å²) in [5, 5.41) is 14.2. The van der Waals surface area contributed by atoms with Crippen LogP contribution in [0.1, 0.15) is 44.1 Å². The molecule has 1 fully saturated rings. The third-order valence-corrected chi connectivity index (χ3v) is 4.47. The van der Waals surface area contributed by atoms with Gasteiger partial charge >= 0.3 is 0 Å². The first kappa shape index (κ1) is 15.7. The summed E-state index contributed by atoms with van der Waals surface area (Å²) in [4.78, 5) is 10.3. The molecule has 0 bridgehead atoms. The van der Waals surface area contributed by atoms with E-state index in [1.54, 1.807) is 12.1 Å². The van der Waals surface area contributed by atoms with E-state index in [0.29, 0.717) is 5.41 Å². The van der Waals surface area contributed by atoms with Crippen LogP contribution in [0.2, 0.25) is 0 Å². The smallest absolute Gasteiger partial charge is 0.269 e. The number of allylic oxidation sites excluding steroid dienone is 1. The van der Waals surface area contributed by atoms with Gasteiger partial charge in [0.2, 0.25) is 0 Å². The zero-order chi connectivity index (χ0) is 15.1. The summed E-state index contributed by atoms with van der Waals surface area (Å²) < 4.78 is 0. The van der Waals surface area contributed by atoms with E-state index in [1.165, 1.54) is 32.1 Å². The lowest BCUT2D eigenvalue weighted by Gasteiger charge is -2.37. The van der Waals surface area contributed by atoms with E-state index in [1.807, 2.05) is 18.2 Å². The fourth-order valence-corrected chi connectivity index (χ4v) is 3.27. The maximum atomic E-state index is 10.6. The summed E-state index contributed by atoms with van der Waals surface area (Å²) in [5.74, 6) is 0. The molecule has 1 N–H and O–H groups in total. The van der Waals surface area contributed by atoms with Gasteiger partial charge in [-0.25, -0.2) is 0 Å². The normalized spacial score (nSPS) is 17.3. The number of benzene rings is 1. The van der Waals surface area contributed by atoms with Gasteiger partial charge in [-0.15, -0.1) is 6.58 Å². The number of rotatable bonds is 7. The Morgan fingerprint density at radius 3 is 2.48 bits per heavy atom. The third kappa shape index (κ3) is 4.39. The highest BCUT2D eigenvalue weighted by Gasteiger charge is 2.30. The van der Waals surface area contributed by atoms with E-state index in [4.69, 9.17) is 0 Å². The molecule has 2 rings (SSSR count). The molecule has 1 aromatic carbocycles. The topological polar surface area (TPSA) is 55.2 Å². The van der Waals surface area contributed by atoms with Gasteiger partial charge in [0, 0.05) is 25.2 Å². The molecule has 0 saturated heterocycles. The number of non-ortho nitro benzene ring substituents is 1. The lowest BCUT2D eigenvalue weighted by Crippen LogP contribution is -2.35. The van der Waals surface area contributed by atoms with Crippen LogP contribution in [0.5, 0.6) is 0 Å². The molecule has 114 valence electrons. The first-order valence-electron chi connectivity index (χ1n) is 7.70. The maximum absolute atomic E-state index is 10.6. The van der Waals surface area contributed by atoms with E-state index in [2.05, 4.69) is 11.9 Å². The van der Waals surface area contributed by atoms with Crippen molar-refractivity contribution >= 4 is 5.69 Å². The Balaban J connectivity index is 1.86. The van der Waals surface area contributed by atoms with E-state index in [9.17, 15) is 10.1 Å². The Labute approximate surface area is 126 Å². The summed E-state index contributed by atoms with van der Waals surface area (Å²) >= 11 is 0. The molecular weight excluding hydrogens is 264 g/mol.